The number of aryl methyl sites for hydroxylation is 1. The standard InChI is InChI=1S/C23H20N2O4/c1-15-7-10-18(11-8-15)28-14-21(26)24-17-9-12-20-19(13-17)25-23(27)22(29-20)16-5-3-2-4-6-16/h2-13,22H,14H2,1H3,(H,24,26)(H,25,27). The van der Waals surface area contributed by atoms with Gasteiger partial charge in [-0.25, -0.2) is 0 Å². The van der Waals surface area contributed by atoms with Crippen molar-refractivity contribution in [1.29, 1.82) is 0 Å². The Bertz CT molecular complexity index is 1030. The van der Waals surface area contributed by atoms with E-state index in [0.29, 0.717) is 22.9 Å². The van der Waals surface area contributed by atoms with Crippen LogP contribution in [0.3, 0.4) is 0 Å². The number of amides is 2. The fourth-order valence-corrected chi connectivity index (χ4v) is 3.01. The molecule has 29 heavy (non-hydrogen) atoms. The van der Waals surface area contributed by atoms with Gasteiger partial charge in [0, 0.05) is 11.3 Å². The van der Waals surface area contributed by atoms with Crippen LogP contribution in [0.15, 0.2) is 72.8 Å². The average molecular weight is 388 g/mol. The highest BCUT2D eigenvalue weighted by molar-refractivity contribution is 6.00. The monoisotopic (exact) mass is 388 g/mol. The van der Waals surface area contributed by atoms with Gasteiger partial charge < -0.3 is 20.1 Å². The molecule has 0 saturated heterocycles. The van der Waals surface area contributed by atoms with E-state index in [1.165, 1.54) is 0 Å². The summed E-state index contributed by atoms with van der Waals surface area (Å²) in [5, 5.41) is 5.60. The molecule has 1 heterocycles. The first-order valence-electron chi connectivity index (χ1n) is 9.24. The van der Waals surface area contributed by atoms with Crippen molar-refractivity contribution in [3.05, 3.63) is 83.9 Å². The van der Waals surface area contributed by atoms with Gasteiger partial charge in [0.25, 0.3) is 11.8 Å². The highest BCUT2D eigenvalue weighted by Gasteiger charge is 2.29. The number of hydrogen-bond acceptors (Lipinski definition) is 4. The van der Waals surface area contributed by atoms with Crippen molar-refractivity contribution in [2.45, 2.75) is 13.0 Å². The van der Waals surface area contributed by atoms with E-state index in [0.717, 1.165) is 11.1 Å². The van der Waals surface area contributed by atoms with Crippen molar-refractivity contribution in [3.8, 4) is 11.5 Å². The molecule has 146 valence electrons. The lowest BCUT2D eigenvalue weighted by atomic mass is 10.1. The Kier molecular flexibility index (Phi) is 5.16. The van der Waals surface area contributed by atoms with Gasteiger partial charge in [-0.05, 0) is 37.3 Å². The summed E-state index contributed by atoms with van der Waals surface area (Å²) in [6.45, 7) is 1.87. The van der Waals surface area contributed by atoms with Crippen LogP contribution in [0.5, 0.6) is 11.5 Å². The summed E-state index contributed by atoms with van der Waals surface area (Å²) in [7, 11) is 0. The van der Waals surface area contributed by atoms with Gasteiger partial charge >= 0.3 is 0 Å². The largest absolute Gasteiger partial charge is 0.484 e. The number of nitrogens with one attached hydrogen (secondary N) is 2. The van der Waals surface area contributed by atoms with Gasteiger partial charge in [-0.2, -0.15) is 0 Å². The van der Waals surface area contributed by atoms with Crippen LogP contribution in [0.25, 0.3) is 0 Å². The van der Waals surface area contributed by atoms with Crippen LogP contribution in [0.1, 0.15) is 17.2 Å². The first-order chi connectivity index (χ1) is 14.1. The van der Waals surface area contributed by atoms with Crippen LogP contribution in [-0.2, 0) is 9.59 Å². The molecule has 1 unspecified atom stereocenters. The Morgan fingerprint density at radius 3 is 2.59 bits per heavy atom. The minimum Gasteiger partial charge on any atom is -0.484 e. The molecule has 1 atom stereocenters. The SMILES string of the molecule is Cc1ccc(OCC(=O)Nc2ccc3c(c2)NC(=O)C(c2ccccc2)O3)cc1. The van der Waals surface area contributed by atoms with E-state index in [2.05, 4.69) is 10.6 Å². The van der Waals surface area contributed by atoms with Gasteiger partial charge in [0.2, 0.25) is 6.10 Å². The van der Waals surface area contributed by atoms with Crippen molar-refractivity contribution in [2.24, 2.45) is 0 Å². The maximum atomic E-state index is 12.4. The fraction of sp³-hybridized carbons (Fsp3) is 0.130. The minimum atomic E-state index is -0.702. The number of fused-ring (bicyclic) bond motifs is 1. The second-order valence-electron chi connectivity index (χ2n) is 6.76. The lowest BCUT2D eigenvalue weighted by molar-refractivity contribution is -0.123. The third-order valence-electron chi connectivity index (χ3n) is 4.50. The summed E-state index contributed by atoms with van der Waals surface area (Å²) in [6, 6.07) is 21.9. The zero-order chi connectivity index (χ0) is 20.2. The molecule has 0 spiro atoms. The van der Waals surface area contributed by atoms with E-state index in [1.807, 2.05) is 61.5 Å². The van der Waals surface area contributed by atoms with Crippen LogP contribution in [0, 0.1) is 6.92 Å². The van der Waals surface area contributed by atoms with Gasteiger partial charge in [0.05, 0.1) is 5.69 Å². The van der Waals surface area contributed by atoms with Crippen molar-refractivity contribution >= 4 is 23.2 Å². The van der Waals surface area contributed by atoms with Gasteiger partial charge in [-0.3, -0.25) is 9.59 Å². The summed E-state index contributed by atoms with van der Waals surface area (Å²) in [6.07, 6.45) is -0.702. The van der Waals surface area contributed by atoms with Crippen LogP contribution in [0.2, 0.25) is 0 Å². The Morgan fingerprint density at radius 1 is 1.07 bits per heavy atom. The highest BCUT2D eigenvalue weighted by Crippen LogP contribution is 2.36. The van der Waals surface area contributed by atoms with E-state index < -0.39 is 6.10 Å². The molecule has 1 aliphatic rings. The summed E-state index contributed by atoms with van der Waals surface area (Å²) in [4.78, 5) is 24.6. The maximum absolute atomic E-state index is 12.4. The summed E-state index contributed by atoms with van der Waals surface area (Å²) >= 11 is 0. The van der Waals surface area contributed by atoms with E-state index in [9.17, 15) is 9.59 Å². The summed E-state index contributed by atoms with van der Waals surface area (Å²) in [5.74, 6) is 0.627. The number of ether oxygens (including phenoxy) is 2. The molecule has 0 aliphatic carbocycles. The van der Waals surface area contributed by atoms with E-state index >= 15 is 0 Å². The lowest BCUT2D eigenvalue weighted by Crippen LogP contribution is -2.30. The normalized spacial score (nSPS) is 14.9. The molecular formula is C23H20N2O4. The summed E-state index contributed by atoms with van der Waals surface area (Å²) < 4.78 is 11.3. The zero-order valence-electron chi connectivity index (χ0n) is 15.8. The minimum absolute atomic E-state index is 0.112. The smallest absolute Gasteiger partial charge is 0.270 e. The molecule has 2 amide bonds. The quantitative estimate of drug-likeness (QED) is 0.690. The Balaban J connectivity index is 1.40. The van der Waals surface area contributed by atoms with E-state index in [-0.39, 0.29) is 18.4 Å². The molecule has 0 bridgehead atoms. The molecule has 4 rings (SSSR count). The predicted octanol–water partition coefficient (Wildman–Crippen LogP) is 4.08. The molecule has 6 nitrogen and oxygen atoms in total. The van der Waals surface area contributed by atoms with Crippen molar-refractivity contribution < 1.29 is 19.1 Å². The number of carbonyl (C=O) groups is 2. The van der Waals surface area contributed by atoms with Gasteiger partial charge in [-0.15, -0.1) is 0 Å². The predicted molar refractivity (Wildman–Crippen MR) is 110 cm³/mol. The Labute approximate surface area is 168 Å². The van der Waals surface area contributed by atoms with Crippen LogP contribution >= 0.6 is 0 Å². The second kappa shape index (κ2) is 8.06. The van der Waals surface area contributed by atoms with Crippen LogP contribution < -0.4 is 20.1 Å². The summed E-state index contributed by atoms with van der Waals surface area (Å²) in [5.41, 5.74) is 2.96. The van der Waals surface area contributed by atoms with Crippen molar-refractivity contribution in [3.63, 3.8) is 0 Å². The van der Waals surface area contributed by atoms with Crippen LogP contribution in [-0.4, -0.2) is 18.4 Å². The topological polar surface area (TPSA) is 76.7 Å². The molecule has 3 aromatic rings. The van der Waals surface area contributed by atoms with Crippen molar-refractivity contribution in [1.82, 2.24) is 0 Å². The number of hydrogen-bond donors (Lipinski definition) is 2. The van der Waals surface area contributed by atoms with Crippen molar-refractivity contribution in [2.75, 3.05) is 17.2 Å². The number of carbonyl (C=O) groups excluding carboxylic acids is 2. The number of benzene rings is 3. The molecule has 3 aromatic carbocycles. The van der Waals surface area contributed by atoms with E-state index in [4.69, 9.17) is 9.47 Å². The molecule has 6 heteroatoms. The van der Waals surface area contributed by atoms with Gasteiger partial charge in [-0.1, -0.05) is 48.0 Å². The highest BCUT2D eigenvalue weighted by atomic mass is 16.5. The number of anilines is 2. The van der Waals surface area contributed by atoms with E-state index in [1.54, 1.807) is 18.2 Å². The number of rotatable bonds is 5. The lowest BCUT2D eigenvalue weighted by Gasteiger charge is -2.26. The van der Waals surface area contributed by atoms with Gasteiger partial charge in [0.1, 0.15) is 11.5 Å². The molecule has 1 aliphatic heterocycles. The first-order valence-corrected chi connectivity index (χ1v) is 9.24. The van der Waals surface area contributed by atoms with Crippen LogP contribution in [0.4, 0.5) is 11.4 Å². The molecule has 0 saturated carbocycles. The molecule has 2 N–H and O–H groups in total. The third-order valence-corrected chi connectivity index (χ3v) is 4.50. The first kappa shape index (κ1) is 18.6. The average Bonchev–Trinajstić information content (AvgIpc) is 2.73. The Hall–Kier alpha value is -3.80. The molecule has 0 radical (unpaired) electrons. The maximum Gasteiger partial charge on any atom is 0.270 e. The molecule has 0 fully saturated rings. The molecular weight excluding hydrogens is 368 g/mol. The Morgan fingerprint density at radius 2 is 1.83 bits per heavy atom. The zero-order valence-corrected chi connectivity index (χ0v) is 15.8. The third kappa shape index (κ3) is 4.38. The second-order valence-corrected chi connectivity index (χ2v) is 6.76. The fourth-order valence-electron chi connectivity index (χ4n) is 3.01. The molecule has 0 aromatic heterocycles. The van der Waals surface area contributed by atoms with Gasteiger partial charge in [0.15, 0.2) is 6.61 Å².